The van der Waals surface area contributed by atoms with Crippen molar-refractivity contribution in [2.75, 3.05) is 0 Å². The molecule has 0 unspecified atom stereocenters. The van der Waals surface area contributed by atoms with E-state index < -0.39 is 20.8 Å². The first-order valence-electron chi connectivity index (χ1n) is 1.33. The third kappa shape index (κ3) is 18000. The van der Waals surface area contributed by atoms with E-state index in [0.29, 0.717) is 0 Å². The van der Waals surface area contributed by atoms with E-state index in [4.69, 9.17) is 35.0 Å². The van der Waals surface area contributed by atoms with E-state index in [0.717, 1.165) is 0 Å². The van der Waals surface area contributed by atoms with Crippen LogP contribution in [-0.4, -0.2) is 35.0 Å². The van der Waals surface area contributed by atoms with Gasteiger partial charge in [0, 0.05) is 20.8 Å². The summed E-state index contributed by atoms with van der Waals surface area (Å²) in [4.78, 5) is 0. The average Bonchev–Trinajstić information content (AvgIpc) is 1.12. The van der Waals surface area contributed by atoms with E-state index in [1.807, 2.05) is 0 Å². The van der Waals surface area contributed by atoms with Crippen molar-refractivity contribution in [1.82, 2.24) is 6.15 Å². The van der Waals surface area contributed by atoms with Crippen molar-refractivity contribution in [3.05, 3.63) is 0 Å². The SMILES string of the molecule is O=S(=O)([O-])[O-].O=S(=O)([O-])[O-].[Fe+2].[NH4+]. The number of hydrogen-bond acceptors (Lipinski definition) is 8. The van der Waals surface area contributed by atoms with Crippen LogP contribution in [0.5, 0.6) is 0 Å². The van der Waals surface area contributed by atoms with Gasteiger partial charge in [0.05, 0.1) is 0 Å². The number of quaternary nitrogens is 1. The van der Waals surface area contributed by atoms with Crippen LogP contribution in [0.1, 0.15) is 0 Å². The Morgan fingerprint density at radius 1 is 0.667 bits per heavy atom. The first-order chi connectivity index (χ1) is 4.00. The van der Waals surface area contributed by atoms with Crippen LogP contribution >= 0.6 is 0 Å². The molecule has 0 heterocycles. The second-order valence-corrected chi connectivity index (χ2v) is 2.45. The zero-order chi connectivity index (χ0) is 9.00. The maximum atomic E-state index is 8.52. The van der Waals surface area contributed by atoms with Crippen LogP contribution in [-0.2, 0) is 37.9 Å². The molecule has 0 bridgehead atoms. The molecule has 4 N–H and O–H groups in total. The molecule has 0 aliphatic carbocycles. The predicted molar refractivity (Wildman–Crippen MR) is 26.9 cm³/mol. The molecule has 0 aliphatic heterocycles. The smallest absolute Gasteiger partial charge is 0.759 e. The van der Waals surface area contributed by atoms with Gasteiger partial charge in [-0.3, -0.25) is 16.8 Å². The maximum absolute atomic E-state index is 8.52. The Hall–Kier alpha value is 0.219. The fraction of sp³-hybridized carbons (Fsp3) is 0. The summed E-state index contributed by atoms with van der Waals surface area (Å²) >= 11 is 0. The quantitative estimate of drug-likeness (QED) is 0.286. The molecule has 0 aliphatic rings. The summed E-state index contributed by atoms with van der Waals surface area (Å²) in [5, 5.41) is 0. The van der Waals surface area contributed by atoms with Crippen LogP contribution in [0.4, 0.5) is 0 Å². The topological polar surface area (TPSA) is 197 Å². The Bertz CT molecular complexity index is 213. The van der Waals surface area contributed by atoms with Gasteiger partial charge in [-0.25, -0.2) is 0 Å². The van der Waals surface area contributed by atoms with Crippen molar-refractivity contribution in [3.8, 4) is 0 Å². The molecular weight excluding hydrogens is 262 g/mol. The van der Waals surface area contributed by atoms with E-state index >= 15 is 0 Å². The standard InChI is InChI=1S/Fe.H3N.2H2O4S/c;;2*1-5(2,3)4/h;1H3;2*(H2,1,2,3,4)/q+2;;;/p-3. The fourth-order valence-electron chi connectivity index (χ4n) is 0. The van der Waals surface area contributed by atoms with Gasteiger partial charge >= 0.3 is 17.1 Å². The van der Waals surface area contributed by atoms with Gasteiger partial charge < -0.3 is 24.4 Å². The summed E-state index contributed by atoms with van der Waals surface area (Å²) in [6.45, 7) is 0. The largest absolute Gasteiger partial charge is 2.00 e. The monoisotopic (exact) mass is 266 g/mol. The van der Waals surface area contributed by atoms with Crippen molar-refractivity contribution in [2.24, 2.45) is 0 Å². The van der Waals surface area contributed by atoms with Crippen molar-refractivity contribution in [1.29, 1.82) is 0 Å². The van der Waals surface area contributed by atoms with E-state index in [-0.39, 0.29) is 23.2 Å². The van der Waals surface area contributed by atoms with Crippen LogP contribution in [0.25, 0.3) is 0 Å². The third-order valence-electron chi connectivity index (χ3n) is 0. The van der Waals surface area contributed by atoms with Crippen LogP contribution in [0.3, 0.4) is 0 Å². The van der Waals surface area contributed by atoms with E-state index in [1.165, 1.54) is 0 Å². The molecule has 12 heteroatoms. The van der Waals surface area contributed by atoms with Gasteiger partial charge in [0.1, 0.15) is 0 Å². The van der Waals surface area contributed by atoms with Gasteiger partial charge in [-0.2, -0.15) is 0 Å². The van der Waals surface area contributed by atoms with Gasteiger partial charge in [0.2, 0.25) is 0 Å². The molecule has 0 saturated carbocycles. The Kier molecular flexibility index (Phi) is 14.9. The Morgan fingerprint density at radius 3 is 0.667 bits per heavy atom. The molecule has 0 amide bonds. The Balaban J connectivity index is -0.0000000457. The molecule has 9 nitrogen and oxygen atoms in total. The molecular formula is H4FeNO8S2-. The van der Waals surface area contributed by atoms with Gasteiger partial charge in [0.25, 0.3) is 0 Å². The molecule has 78 valence electrons. The van der Waals surface area contributed by atoms with Crippen molar-refractivity contribution < 1.29 is 52.1 Å². The van der Waals surface area contributed by atoms with Crippen molar-refractivity contribution in [2.45, 2.75) is 0 Å². The van der Waals surface area contributed by atoms with Crippen molar-refractivity contribution >= 4 is 20.8 Å². The van der Waals surface area contributed by atoms with E-state index in [2.05, 4.69) is 0 Å². The van der Waals surface area contributed by atoms with Crippen LogP contribution in [0, 0.1) is 0 Å². The molecule has 0 aromatic carbocycles. The first-order valence-corrected chi connectivity index (χ1v) is 4.00. The average molecular weight is 266 g/mol. The summed E-state index contributed by atoms with van der Waals surface area (Å²) in [5.41, 5.74) is 0. The summed E-state index contributed by atoms with van der Waals surface area (Å²) < 4.78 is 68.2. The molecule has 0 radical (unpaired) electrons. The molecule has 0 atom stereocenters. The summed E-state index contributed by atoms with van der Waals surface area (Å²) in [5.74, 6) is 0. The minimum atomic E-state index is -5.17. The maximum Gasteiger partial charge on any atom is 2.00 e. The van der Waals surface area contributed by atoms with Gasteiger partial charge in [-0.05, 0) is 0 Å². The molecule has 0 saturated heterocycles. The molecule has 0 fully saturated rings. The molecule has 0 rings (SSSR count). The minimum absolute atomic E-state index is 0. The number of rotatable bonds is 0. The third-order valence-corrected chi connectivity index (χ3v) is 0. The Labute approximate surface area is 79.4 Å². The van der Waals surface area contributed by atoms with E-state index in [1.54, 1.807) is 0 Å². The second-order valence-electron chi connectivity index (χ2n) is 0.816. The summed E-state index contributed by atoms with van der Waals surface area (Å²) in [6, 6.07) is 0. The number of hydrogen-bond donors (Lipinski definition) is 1. The summed E-state index contributed by atoms with van der Waals surface area (Å²) in [6.07, 6.45) is 0. The second kappa shape index (κ2) is 7.85. The van der Waals surface area contributed by atoms with Crippen LogP contribution in [0.2, 0.25) is 0 Å². The van der Waals surface area contributed by atoms with Gasteiger partial charge in [-0.15, -0.1) is 0 Å². The predicted octanol–water partition coefficient (Wildman–Crippen LogP) is -2.30. The normalized spacial score (nSPS) is 9.67. The zero-order valence-electron chi connectivity index (χ0n) is 5.44. The molecule has 0 spiro atoms. The first kappa shape index (κ1) is 22.8. The van der Waals surface area contributed by atoms with Gasteiger partial charge in [0.15, 0.2) is 0 Å². The van der Waals surface area contributed by atoms with Gasteiger partial charge in [-0.1, -0.05) is 0 Å². The van der Waals surface area contributed by atoms with Crippen LogP contribution in [0.15, 0.2) is 0 Å². The Morgan fingerprint density at radius 2 is 0.667 bits per heavy atom. The zero-order valence-corrected chi connectivity index (χ0v) is 8.17. The molecule has 12 heavy (non-hydrogen) atoms. The van der Waals surface area contributed by atoms with E-state index in [9.17, 15) is 0 Å². The molecule has 0 aromatic heterocycles. The van der Waals surface area contributed by atoms with Crippen LogP contribution < -0.4 is 6.15 Å². The fourth-order valence-corrected chi connectivity index (χ4v) is 0. The molecule has 0 aromatic rings. The van der Waals surface area contributed by atoms with Crippen molar-refractivity contribution in [3.63, 3.8) is 0 Å². The summed E-state index contributed by atoms with van der Waals surface area (Å²) in [7, 11) is -10.3. The minimum Gasteiger partial charge on any atom is -0.759 e.